The third-order valence-corrected chi connectivity index (χ3v) is 2.58. The van der Waals surface area contributed by atoms with Gasteiger partial charge in [0.15, 0.2) is 0 Å². The van der Waals surface area contributed by atoms with E-state index in [2.05, 4.69) is 4.98 Å². The summed E-state index contributed by atoms with van der Waals surface area (Å²) < 4.78 is 14.1. The quantitative estimate of drug-likeness (QED) is 0.815. The molecule has 0 saturated heterocycles. The molecule has 1 aromatic carbocycles. The van der Waals surface area contributed by atoms with Gasteiger partial charge in [-0.3, -0.25) is 4.98 Å². The minimum atomic E-state index is -1.52. The fraction of sp³-hybridized carbons (Fsp3) is 0.250. The summed E-state index contributed by atoms with van der Waals surface area (Å²) >= 11 is 0. The number of hydrogen-bond donors (Lipinski definition) is 1. The zero-order valence-electron chi connectivity index (χ0n) is 8.57. The molecule has 0 saturated carbocycles. The van der Waals surface area contributed by atoms with E-state index in [9.17, 15) is 4.39 Å². The Kier molecular flexibility index (Phi) is 2.40. The highest BCUT2D eigenvalue weighted by molar-refractivity contribution is 5.82. The van der Waals surface area contributed by atoms with Gasteiger partial charge in [-0.05, 0) is 13.0 Å². The first-order valence-electron chi connectivity index (χ1n) is 4.88. The summed E-state index contributed by atoms with van der Waals surface area (Å²) in [6, 6.07) is 9.23. The second-order valence-corrected chi connectivity index (χ2v) is 3.78. The zero-order chi connectivity index (χ0) is 10.9. The normalized spacial score (nSPS) is 15.1. The van der Waals surface area contributed by atoms with Crippen molar-refractivity contribution in [3.05, 3.63) is 42.1 Å². The molecule has 1 aromatic heterocycles. The van der Waals surface area contributed by atoms with Crippen LogP contribution in [0.25, 0.3) is 10.9 Å². The molecule has 78 valence electrons. The van der Waals surface area contributed by atoms with Crippen LogP contribution in [-0.2, 0) is 5.67 Å². The van der Waals surface area contributed by atoms with Crippen molar-refractivity contribution in [2.45, 2.75) is 12.6 Å². The van der Waals surface area contributed by atoms with Gasteiger partial charge in [-0.1, -0.05) is 24.3 Å². The third-order valence-electron chi connectivity index (χ3n) is 2.58. The average Bonchev–Trinajstić information content (AvgIpc) is 2.28. The summed E-state index contributed by atoms with van der Waals surface area (Å²) in [5.74, 6) is 0. The molecule has 0 fully saturated rings. The van der Waals surface area contributed by atoms with Gasteiger partial charge < -0.3 is 5.73 Å². The topological polar surface area (TPSA) is 38.9 Å². The zero-order valence-corrected chi connectivity index (χ0v) is 8.57. The molecule has 0 amide bonds. The average molecular weight is 204 g/mol. The van der Waals surface area contributed by atoms with Crippen molar-refractivity contribution < 1.29 is 4.39 Å². The molecule has 3 heteroatoms. The van der Waals surface area contributed by atoms with Crippen molar-refractivity contribution >= 4 is 10.9 Å². The second-order valence-electron chi connectivity index (χ2n) is 3.78. The molecule has 0 spiro atoms. The molecule has 0 bridgehead atoms. The fourth-order valence-corrected chi connectivity index (χ4v) is 1.63. The number of fused-ring (bicyclic) bond motifs is 1. The number of para-hydroxylation sites is 1. The lowest BCUT2D eigenvalue weighted by Crippen LogP contribution is -2.26. The van der Waals surface area contributed by atoms with Gasteiger partial charge in [0.1, 0.15) is 5.67 Å². The summed E-state index contributed by atoms with van der Waals surface area (Å²) in [6.07, 6.45) is 1.67. The maximum absolute atomic E-state index is 14.1. The predicted molar refractivity (Wildman–Crippen MR) is 59.3 cm³/mol. The van der Waals surface area contributed by atoms with E-state index in [0.29, 0.717) is 11.1 Å². The highest BCUT2D eigenvalue weighted by Crippen LogP contribution is 2.29. The molecule has 1 atom stereocenters. The van der Waals surface area contributed by atoms with E-state index in [4.69, 9.17) is 5.73 Å². The molecular formula is C12H13FN2. The number of aromatic nitrogens is 1. The van der Waals surface area contributed by atoms with Crippen LogP contribution in [0.4, 0.5) is 4.39 Å². The van der Waals surface area contributed by atoms with Crippen LogP contribution in [0.15, 0.2) is 36.5 Å². The molecule has 0 aliphatic heterocycles. The Morgan fingerprint density at radius 2 is 2.07 bits per heavy atom. The molecular weight excluding hydrogens is 191 g/mol. The van der Waals surface area contributed by atoms with Gasteiger partial charge in [-0.25, -0.2) is 4.39 Å². The predicted octanol–water partition coefficient (Wildman–Crippen LogP) is 2.38. The number of nitrogens with two attached hydrogens (primary N) is 1. The van der Waals surface area contributed by atoms with Crippen molar-refractivity contribution in [2.75, 3.05) is 6.54 Å². The van der Waals surface area contributed by atoms with E-state index in [-0.39, 0.29) is 6.54 Å². The molecule has 2 aromatic rings. The van der Waals surface area contributed by atoms with E-state index < -0.39 is 5.67 Å². The molecule has 2 N–H and O–H groups in total. The van der Waals surface area contributed by atoms with Crippen molar-refractivity contribution in [2.24, 2.45) is 5.73 Å². The number of alkyl halides is 1. The summed E-state index contributed by atoms with van der Waals surface area (Å²) in [5.41, 5.74) is 5.16. The van der Waals surface area contributed by atoms with Crippen LogP contribution in [-0.4, -0.2) is 11.5 Å². The van der Waals surface area contributed by atoms with E-state index >= 15 is 0 Å². The van der Waals surface area contributed by atoms with Crippen LogP contribution in [0.2, 0.25) is 0 Å². The van der Waals surface area contributed by atoms with Gasteiger partial charge in [0.2, 0.25) is 0 Å². The number of pyridine rings is 1. The molecule has 1 heterocycles. The summed E-state index contributed by atoms with van der Waals surface area (Å²) in [6.45, 7) is 1.44. The Morgan fingerprint density at radius 3 is 2.80 bits per heavy atom. The molecule has 15 heavy (non-hydrogen) atoms. The lowest BCUT2D eigenvalue weighted by molar-refractivity contribution is 0.205. The van der Waals surface area contributed by atoms with Crippen molar-refractivity contribution in [3.8, 4) is 0 Å². The first kappa shape index (κ1) is 10.1. The van der Waals surface area contributed by atoms with Crippen molar-refractivity contribution in [1.29, 1.82) is 0 Å². The molecule has 2 nitrogen and oxygen atoms in total. The summed E-state index contributed by atoms with van der Waals surface area (Å²) in [4.78, 5) is 4.20. The van der Waals surface area contributed by atoms with Gasteiger partial charge in [0, 0.05) is 23.7 Å². The summed E-state index contributed by atoms with van der Waals surface area (Å²) in [5, 5.41) is 0.937. The third kappa shape index (κ3) is 1.70. The van der Waals surface area contributed by atoms with Crippen LogP contribution in [0.5, 0.6) is 0 Å². The molecule has 2 rings (SSSR count). The Labute approximate surface area is 87.9 Å². The number of benzene rings is 1. The maximum Gasteiger partial charge on any atom is 0.147 e. The van der Waals surface area contributed by atoms with Crippen LogP contribution in [0.1, 0.15) is 12.5 Å². The highest BCUT2D eigenvalue weighted by atomic mass is 19.1. The van der Waals surface area contributed by atoms with Gasteiger partial charge in [-0.2, -0.15) is 0 Å². The summed E-state index contributed by atoms with van der Waals surface area (Å²) in [7, 11) is 0. The Morgan fingerprint density at radius 1 is 1.33 bits per heavy atom. The van der Waals surface area contributed by atoms with Crippen LogP contribution >= 0.6 is 0 Å². The Balaban J connectivity index is 2.71. The standard InChI is InChI=1S/C12H13FN2/c1-12(13,8-14)10-6-2-4-9-5-3-7-15-11(9)10/h2-7H,8,14H2,1H3. The number of rotatable bonds is 2. The van der Waals surface area contributed by atoms with Crippen LogP contribution in [0.3, 0.4) is 0 Å². The number of hydrogen-bond acceptors (Lipinski definition) is 2. The van der Waals surface area contributed by atoms with Crippen LogP contribution in [0, 0.1) is 0 Å². The first-order chi connectivity index (χ1) is 7.15. The molecule has 1 unspecified atom stereocenters. The van der Waals surface area contributed by atoms with E-state index in [1.807, 2.05) is 24.3 Å². The fourth-order valence-electron chi connectivity index (χ4n) is 1.63. The Bertz CT molecular complexity index is 475. The molecule has 0 aliphatic carbocycles. The molecule has 0 aliphatic rings. The van der Waals surface area contributed by atoms with Crippen molar-refractivity contribution in [3.63, 3.8) is 0 Å². The van der Waals surface area contributed by atoms with Crippen molar-refractivity contribution in [1.82, 2.24) is 4.98 Å². The van der Waals surface area contributed by atoms with Gasteiger partial charge in [-0.15, -0.1) is 0 Å². The minimum absolute atomic E-state index is 0.0390. The van der Waals surface area contributed by atoms with Gasteiger partial charge >= 0.3 is 0 Å². The van der Waals surface area contributed by atoms with E-state index in [1.54, 1.807) is 12.3 Å². The first-order valence-corrected chi connectivity index (χ1v) is 4.88. The number of halogens is 1. The molecule has 0 radical (unpaired) electrons. The lowest BCUT2D eigenvalue weighted by Gasteiger charge is -2.19. The smallest absolute Gasteiger partial charge is 0.147 e. The minimum Gasteiger partial charge on any atom is -0.327 e. The highest BCUT2D eigenvalue weighted by Gasteiger charge is 2.26. The van der Waals surface area contributed by atoms with E-state index in [0.717, 1.165) is 5.39 Å². The number of nitrogens with zero attached hydrogens (tertiary/aromatic N) is 1. The second kappa shape index (κ2) is 3.59. The van der Waals surface area contributed by atoms with E-state index in [1.165, 1.54) is 6.92 Å². The van der Waals surface area contributed by atoms with Crippen LogP contribution < -0.4 is 5.73 Å². The van der Waals surface area contributed by atoms with Gasteiger partial charge in [0.25, 0.3) is 0 Å². The Hall–Kier alpha value is -1.48. The monoisotopic (exact) mass is 204 g/mol. The lowest BCUT2D eigenvalue weighted by atomic mass is 9.95. The SMILES string of the molecule is CC(F)(CN)c1cccc2cccnc12. The largest absolute Gasteiger partial charge is 0.327 e. The maximum atomic E-state index is 14.1. The van der Waals surface area contributed by atoms with Gasteiger partial charge in [0.05, 0.1) is 5.52 Å².